The van der Waals surface area contributed by atoms with Crippen molar-refractivity contribution in [3.05, 3.63) is 38.8 Å². The zero-order chi connectivity index (χ0) is 13.4. The van der Waals surface area contributed by atoms with Gasteiger partial charge in [-0.15, -0.1) is 0 Å². The molecule has 100 valence electrons. The molecule has 2 aromatic rings. The molecule has 0 saturated heterocycles. The summed E-state index contributed by atoms with van der Waals surface area (Å²) in [6.07, 6.45) is 1.67. The van der Waals surface area contributed by atoms with E-state index in [1.165, 1.54) is 11.8 Å². The summed E-state index contributed by atoms with van der Waals surface area (Å²) in [5.74, 6) is 2.21. The Morgan fingerprint density at radius 2 is 2.42 bits per heavy atom. The Morgan fingerprint density at radius 1 is 1.58 bits per heavy atom. The van der Waals surface area contributed by atoms with E-state index in [0.29, 0.717) is 16.1 Å². The Morgan fingerprint density at radius 3 is 3.16 bits per heavy atom. The molecule has 0 fully saturated rings. The standard InChI is InChI=1S/C11H11ClN4OS2/c1-16-5-13-9(12)8(16)4-19-11-14-7-3-18-2-6(7)10(17)15-11/h5H,2-4H2,1H3,(H,14,15,17). The van der Waals surface area contributed by atoms with E-state index in [0.717, 1.165) is 28.5 Å². The number of fused-ring (bicyclic) bond motifs is 1. The Balaban J connectivity index is 1.81. The van der Waals surface area contributed by atoms with E-state index in [-0.39, 0.29) is 5.56 Å². The molecule has 19 heavy (non-hydrogen) atoms. The number of aromatic amines is 1. The highest BCUT2D eigenvalue weighted by molar-refractivity contribution is 7.98. The van der Waals surface area contributed by atoms with Crippen molar-refractivity contribution in [1.29, 1.82) is 0 Å². The third-order valence-corrected chi connectivity index (χ3v) is 5.09. The molecule has 0 bridgehead atoms. The van der Waals surface area contributed by atoms with Gasteiger partial charge in [-0.25, -0.2) is 9.97 Å². The summed E-state index contributed by atoms with van der Waals surface area (Å²) >= 11 is 9.18. The average Bonchev–Trinajstić information content (AvgIpc) is 2.96. The van der Waals surface area contributed by atoms with Gasteiger partial charge in [-0.2, -0.15) is 11.8 Å². The maximum Gasteiger partial charge on any atom is 0.255 e. The lowest BCUT2D eigenvalue weighted by atomic mass is 10.3. The predicted octanol–water partition coefficient (Wildman–Crippen LogP) is 2.20. The average molecular weight is 315 g/mol. The first-order valence-electron chi connectivity index (χ1n) is 5.63. The third-order valence-electron chi connectivity index (χ3n) is 2.92. The quantitative estimate of drug-likeness (QED) is 0.695. The van der Waals surface area contributed by atoms with Crippen LogP contribution in [0.25, 0.3) is 0 Å². The summed E-state index contributed by atoms with van der Waals surface area (Å²) in [6, 6.07) is 0. The van der Waals surface area contributed by atoms with Crippen molar-refractivity contribution in [1.82, 2.24) is 19.5 Å². The summed E-state index contributed by atoms with van der Waals surface area (Å²) in [5, 5.41) is 1.14. The zero-order valence-electron chi connectivity index (χ0n) is 10.1. The fourth-order valence-electron chi connectivity index (χ4n) is 1.83. The lowest BCUT2D eigenvalue weighted by Crippen LogP contribution is -2.14. The van der Waals surface area contributed by atoms with Crippen LogP contribution in [0.2, 0.25) is 5.15 Å². The van der Waals surface area contributed by atoms with Gasteiger partial charge < -0.3 is 9.55 Å². The Kier molecular flexibility index (Phi) is 3.60. The number of H-pyrrole nitrogens is 1. The van der Waals surface area contributed by atoms with Crippen LogP contribution in [0.3, 0.4) is 0 Å². The minimum absolute atomic E-state index is 0.0198. The fraction of sp³-hybridized carbons (Fsp3) is 0.364. The number of aryl methyl sites for hydroxylation is 1. The minimum Gasteiger partial charge on any atom is -0.336 e. The van der Waals surface area contributed by atoms with Crippen molar-refractivity contribution >= 4 is 35.1 Å². The number of hydrogen-bond acceptors (Lipinski definition) is 5. The van der Waals surface area contributed by atoms with E-state index in [2.05, 4.69) is 15.0 Å². The van der Waals surface area contributed by atoms with Gasteiger partial charge in [0.1, 0.15) is 0 Å². The van der Waals surface area contributed by atoms with Crippen molar-refractivity contribution in [2.24, 2.45) is 7.05 Å². The summed E-state index contributed by atoms with van der Waals surface area (Å²) in [4.78, 5) is 23.2. The number of hydrogen-bond donors (Lipinski definition) is 1. The maximum absolute atomic E-state index is 11.9. The molecule has 8 heteroatoms. The van der Waals surface area contributed by atoms with E-state index in [9.17, 15) is 4.79 Å². The van der Waals surface area contributed by atoms with Gasteiger partial charge >= 0.3 is 0 Å². The molecule has 0 saturated carbocycles. The molecular formula is C11H11ClN4OS2. The van der Waals surface area contributed by atoms with Crippen LogP contribution in [0.1, 0.15) is 17.0 Å². The van der Waals surface area contributed by atoms with E-state index < -0.39 is 0 Å². The van der Waals surface area contributed by atoms with E-state index in [1.54, 1.807) is 18.1 Å². The van der Waals surface area contributed by atoms with E-state index in [1.807, 2.05) is 11.6 Å². The van der Waals surface area contributed by atoms with Crippen LogP contribution in [0.5, 0.6) is 0 Å². The van der Waals surface area contributed by atoms with Crippen LogP contribution in [0.4, 0.5) is 0 Å². The minimum atomic E-state index is -0.0198. The van der Waals surface area contributed by atoms with Gasteiger partial charge in [0.15, 0.2) is 10.3 Å². The van der Waals surface area contributed by atoms with Crippen LogP contribution >= 0.6 is 35.1 Å². The Hall–Kier alpha value is -0.920. The zero-order valence-corrected chi connectivity index (χ0v) is 12.5. The largest absolute Gasteiger partial charge is 0.336 e. The normalized spacial score (nSPS) is 13.8. The first-order valence-corrected chi connectivity index (χ1v) is 8.15. The highest BCUT2D eigenvalue weighted by Gasteiger charge is 2.18. The van der Waals surface area contributed by atoms with Gasteiger partial charge in [-0.3, -0.25) is 4.79 Å². The highest BCUT2D eigenvalue weighted by atomic mass is 35.5. The van der Waals surface area contributed by atoms with Crippen molar-refractivity contribution in [2.45, 2.75) is 22.4 Å². The van der Waals surface area contributed by atoms with Gasteiger partial charge in [0.05, 0.1) is 17.7 Å². The molecule has 0 amide bonds. The Bertz CT molecular complexity index is 662. The SMILES string of the molecule is Cn1cnc(Cl)c1CSc1nc2c(c(=O)[nH]1)CSC2. The van der Waals surface area contributed by atoms with Crippen molar-refractivity contribution in [3.8, 4) is 0 Å². The summed E-state index contributed by atoms with van der Waals surface area (Å²) in [6.45, 7) is 0. The van der Waals surface area contributed by atoms with Crippen LogP contribution in [-0.2, 0) is 24.3 Å². The molecule has 0 spiro atoms. The molecule has 1 aliphatic rings. The molecule has 3 heterocycles. The molecule has 1 N–H and O–H groups in total. The number of halogens is 1. The van der Waals surface area contributed by atoms with Crippen LogP contribution in [0.15, 0.2) is 16.3 Å². The van der Waals surface area contributed by atoms with E-state index in [4.69, 9.17) is 11.6 Å². The second-order valence-corrected chi connectivity index (χ2v) is 6.48. The fourth-order valence-corrected chi connectivity index (χ4v) is 4.15. The molecule has 0 aliphatic carbocycles. The second kappa shape index (κ2) is 5.22. The lowest BCUT2D eigenvalue weighted by Gasteiger charge is -2.04. The summed E-state index contributed by atoms with van der Waals surface area (Å²) in [7, 11) is 1.89. The molecule has 0 aromatic carbocycles. The molecule has 5 nitrogen and oxygen atoms in total. The van der Waals surface area contributed by atoms with Gasteiger partial charge in [-0.1, -0.05) is 23.4 Å². The number of nitrogens with one attached hydrogen (secondary N) is 1. The molecule has 0 atom stereocenters. The predicted molar refractivity (Wildman–Crippen MR) is 77.6 cm³/mol. The number of aromatic nitrogens is 4. The topological polar surface area (TPSA) is 63.6 Å². The summed E-state index contributed by atoms with van der Waals surface area (Å²) < 4.78 is 1.87. The third kappa shape index (κ3) is 2.54. The molecule has 0 radical (unpaired) electrons. The second-order valence-electron chi connectivity index (χ2n) is 4.17. The van der Waals surface area contributed by atoms with Crippen molar-refractivity contribution in [2.75, 3.05) is 0 Å². The first-order chi connectivity index (χ1) is 9.15. The van der Waals surface area contributed by atoms with Gasteiger partial charge in [0.25, 0.3) is 5.56 Å². The highest BCUT2D eigenvalue weighted by Crippen LogP contribution is 2.28. The number of thioether (sulfide) groups is 2. The van der Waals surface area contributed by atoms with Crippen LogP contribution in [-0.4, -0.2) is 19.5 Å². The van der Waals surface area contributed by atoms with Gasteiger partial charge in [0.2, 0.25) is 0 Å². The maximum atomic E-state index is 11.9. The van der Waals surface area contributed by atoms with Crippen molar-refractivity contribution < 1.29 is 0 Å². The molecule has 1 aliphatic heterocycles. The van der Waals surface area contributed by atoms with Gasteiger partial charge in [0, 0.05) is 29.9 Å². The molecule has 2 aromatic heterocycles. The molecule has 0 unspecified atom stereocenters. The molecule has 3 rings (SSSR count). The number of imidazole rings is 1. The summed E-state index contributed by atoms with van der Waals surface area (Å²) in [5.41, 5.74) is 2.62. The monoisotopic (exact) mass is 314 g/mol. The van der Waals surface area contributed by atoms with Gasteiger partial charge in [-0.05, 0) is 0 Å². The van der Waals surface area contributed by atoms with E-state index >= 15 is 0 Å². The van der Waals surface area contributed by atoms with Crippen LogP contribution < -0.4 is 5.56 Å². The number of nitrogens with zero attached hydrogens (tertiary/aromatic N) is 3. The Labute approximate surface area is 123 Å². The van der Waals surface area contributed by atoms with Crippen LogP contribution in [0, 0.1) is 0 Å². The van der Waals surface area contributed by atoms with Crippen molar-refractivity contribution in [3.63, 3.8) is 0 Å². The lowest BCUT2D eigenvalue weighted by molar-refractivity contribution is 0.858. The number of rotatable bonds is 3. The molecular weight excluding hydrogens is 304 g/mol. The first kappa shape index (κ1) is 13.1. The smallest absolute Gasteiger partial charge is 0.255 e.